The first-order valence-corrected chi connectivity index (χ1v) is 28.2. The Morgan fingerprint density at radius 2 is 1.59 bits per heavy atom. The molecule has 7 aromatic rings. The molecular formula is C60H67N11O7S. The van der Waals surface area contributed by atoms with E-state index in [1.807, 2.05) is 112 Å². The van der Waals surface area contributed by atoms with Gasteiger partial charge in [-0.2, -0.15) is 5.10 Å². The average Bonchev–Trinajstić information content (AvgIpc) is 4.17. The summed E-state index contributed by atoms with van der Waals surface area (Å²) in [5, 5.41) is 11.6. The Kier molecular flexibility index (Phi) is 15.2. The summed E-state index contributed by atoms with van der Waals surface area (Å²) in [6.07, 6.45) is 2.29. The molecule has 11 rings (SSSR count). The number of carbonyl (C=O) groups is 5. The fourth-order valence-electron chi connectivity index (χ4n) is 11.3. The molecule has 0 bridgehead atoms. The fourth-order valence-corrected chi connectivity index (χ4v) is 12.2. The normalized spacial score (nSPS) is 17.5. The first kappa shape index (κ1) is 53.3. The Hall–Kier alpha value is -7.74. The maximum Gasteiger partial charge on any atom is 0.358 e. The lowest BCUT2D eigenvalue weighted by atomic mass is 9.93. The van der Waals surface area contributed by atoms with Crippen molar-refractivity contribution in [1.82, 2.24) is 39.8 Å². The van der Waals surface area contributed by atoms with Crippen LogP contribution in [0.5, 0.6) is 5.75 Å². The largest absolute Gasteiger partial charge is 0.493 e. The molecule has 3 aromatic heterocycles. The summed E-state index contributed by atoms with van der Waals surface area (Å²) < 4.78 is 15.2. The van der Waals surface area contributed by atoms with Crippen molar-refractivity contribution >= 4 is 78.7 Å². The second-order valence-electron chi connectivity index (χ2n) is 22.0. The van der Waals surface area contributed by atoms with Crippen molar-refractivity contribution < 1.29 is 33.4 Å². The van der Waals surface area contributed by atoms with E-state index in [0.29, 0.717) is 86.4 Å². The molecule has 4 aliphatic heterocycles. The molecule has 2 N–H and O–H groups in total. The average molecular weight is 1090 g/mol. The highest BCUT2D eigenvalue weighted by Gasteiger charge is 2.33. The Morgan fingerprint density at radius 1 is 0.810 bits per heavy atom. The van der Waals surface area contributed by atoms with E-state index in [1.54, 1.807) is 4.68 Å². The number of hydrogen-bond donors (Lipinski definition) is 2. The Morgan fingerprint density at radius 3 is 2.38 bits per heavy atom. The zero-order valence-electron chi connectivity index (χ0n) is 45.5. The van der Waals surface area contributed by atoms with Crippen LogP contribution in [0.15, 0.2) is 91.0 Å². The van der Waals surface area contributed by atoms with Crippen LogP contribution in [0.4, 0.5) is 16.6 Å². The SMILES string of the molecule is Cc1c(OCCCN2CCN(CC(=O)N3CCN(c4ccc5c(C6CCC(=O)NC6=O)nn(C)c5c4)CC3)CC2)cccc1-c1ccc(N2CCc3cccc(C(=O)Nc4nc5ccccc5s4)c3C2)nc1C(=O)OC(C)(C)C. The number of benzene rings is 4. The topological polar surface area (TPSA) is 188 Å². The van der Waals surface area contributed by atoms with Crippen molar-refractivity contribution in [3.63, 3.8) is 0 Å². The molecule has 3 fully saturated rings. The monoisotopic (exact) mass is 1090 g/mol. The molecule has 1 unspecified atom stereocenters. The molecule has 0 saturated carbocycles. The van der Waals surface area contributed by atoms with Crippen LogP contribution in [-0.2, 0) is 39.1 Å². The van der Waals surface area contributed by atoms with Crippen LogP contribution in [0.1, 0.15) is 89.2 Å². The number of aromatic nitrogens is 4. The van der Waals surface area contributed by atoms with Gasteiger partial charge in [-0.25, -0.2) is 14.8 Å². The summed E-state index contributed by atoms with van der Waals surface area (Å²) in [5.41, 5.74) is 7.96. The molecule has 7 heterocycles. The number of nitrogens with zero attached hydrogens (tertiary/aromatic N) is 9. The first-order chi connectivity index (χ1) is 38.1. The van der Waals surface area contributed by atoms with E-state index < -0.39 is 17.5 Å². The third-order valence-electron chi connectivity index (χ3n) is 15.5. The van der Waals surface area contributed by atoms with Crippen LogP contribution in [0.2, 0.25) is 0 Å². The maximum atomic E-state index is 14.1. The molecule has 410 valence electrons. The summed E-state index contributed by atoms with van der Waals surface area (Å²) in [4.78, 5) is 86.5. The number of esters is 1. The molecule has 18 nitrogen and oxygen atoms in total. The van der Waals surface area contributed by atoms with Crippen molar-refractivity contribution in [1.29, 1.82) is 0 Å². The minimum Gasteiger partial charge on any atom is -0.493 e. The smallest absolute Gasteiger partial charge is 0.358 e. The number of pyridine rings is 1. The first-order valence-electron chi connectivity index (χ1n) is 27.4. The van der Waals surface area contributed by atoms with Crippen LogP contribution in [0, 0.1) is 6.92 Å². The number of ether oxygens (including phenoxy) is 2. The molecule has 3 saturated heterocycles. The van der Waals surface area contributed by atoms with E-state index in [0.717, 1.165) is 107 Å². The number of hydrogen-bond acceptors (Lipinski definition) is 15. The molecule has 79 heavy (non-hydrogen) atoms. The van der Waals surface area contributed by atoms with Gasteiger partial charge in [0, 0.05) is 108 Å². The maximum absolute atomic E-state index is 14.1. The van der Waals surface area contributed by atoms with Gasteiger partial charge in [-0.1, -0.05) is 47.7 Å². The molecular weight excluding hydrogens is 1020 g/mol. The van der Waals surface area contributed by atoms with Crippen molar-refractivity contribution in [2.24, 2.45) is 7.05 Å². The highest BCUT2D eigenvalue weighted by atomic mass is 32.1. The van der Waals surface area contributed by atoms with Crippen LogP contribution in [-0.4, -0.2) is 148 Å². The van der Waals surface area contributed by atoms with Gasteiger partial charge >= 0.3 is 5.97 Å². The molecule has 4 aromatic carbocycles. The molecule has 0 spiro atoms. The quantitative estimate of drug-likeness (QED) is 0.0617. The van der Waals surface area contributed by atoms with Crippen molar-refractivity contribution in [2.45, 2.75) is 71.4 Å². The van der Waals surface area contributed by atoms with Crippen LogP contribution < -0.4 is 25.2 Å². The van der Waals surface area contributed by atoms with Gasteiger partial charge in [0.1, 0.15) is 17.2 Å². The fraction of sp³-hybridized carbons (Fsp3) is 0.400. The Bertz CT molecular complexity index is 3450. The van der Waals surface area contributed by atoms with Gasteiger partial charge in [0.25, 0.3) is 5.91 Å². The van der Waals surface area contributed by atoms with Gasteiger partial charge in [0.15, 0.2) is 10.8 Å². The number of anilines is 3. The number of piperidine rings is 1. The van der Waals surface area contributed by atoms with Gasteiger partial charge in [-0.3, -0.25) is 39.4 Å². The Balaban J connectivity index is 0.666. The summed E-state index contributed by atoms with van der Waals surface area (Å²) in [5.74, 6) is -0.203. The molecule has 0 aliphatic carbocycles. The van der Waals surface area contributed by atoms with Crippen LogP contribution in [0.25, 0.3) is 32.2 Å². The van der Waals surface area contributed by atoms with Gasteiger partial charge in [-0.15, -0.1) is 0 Å². The number of imide groups is 1. The highest BCUT2D eigenvalue weighted by Crippen LogP contribution is 2.37. The highest BCUT2D eigenvalue weighted by molar-refractivity contribution is 7.22. The second kappa shape index (κ2) is 22.5. The lowest BCUT2D eigenvalue weighted by Gasteiger charge is -2.38. The number of thiazole rings is 1. The lowest BCUT2D eigenvalue weighted by Crippen LogP contribution is -2.54. The number of piperazine rings is 2. The molecule has 4 amide bonds. The molecule has 0 radical (unpaired) electrons. The third-order valence-corrected chi connectivity index (χ3v) is 16.5. The van der Waals surface area contributed by atoms with E-state index in [9.17, 15) is 24.0 Å². The zero-order valence-corrected chi connectivity index (χ0v) is 46.4. The number of rotatable bonds is 14. The van der Waals surface area contributed by atoms with Gasteiger partial charge < -0.3 is 29.1 Å². The molecule has 19 heteroatoms. The van der Waals surface area contributed by atoms with E-state index in [4.69, 9.17) is 19.6 Å². The second-order valence-corrected chi connectivity index (χ2v) is 23.0. The van der Waals surface area contributed by atoms with Crippen LogP contribution >= 0.6 is 11.3 Å². The zero-order chi connectivity index (χ0) is 55.0. The van der Waals surface area contributed by atoms with Crippen molar-refractivity contribution in [2.75, 3.05) is 93.7 Å². The number of amides is 4. The Labute approximate surface area is 463 Å². The summed E-state index contributed by atoms with van der Waals surface area (Å²) in [6, 6.07) is 29.6. The van der Waals surface area contributed by atoms with Crippen LogP contribution in [0.3, 0.4) is 0 Å². The van der Waals surface area contributed by atoms with Gasteiger partial charge in [0.05, 0.1) is 40.5 Å². The van der Waals surface area contributed by atoms with Gasteiger partial charge in [0.2, 0.25) is 17.7 Å². The summed E-state index contributed by atoms with van der Waals surface area (Å²) >= 11 is 1.44. The van der Waals surface area contributed by atoms with Gasteiger partial charge in [-0.05, 0) is 124 Å². The van der Waals surface area contributed by atoms with E-state index >= 15 is 0 Å². The molecule has 4 aliphatic rings. The summed E-state index contributed by atoms with van der Waals surface area (Å²) in [6.45, 7) is 16.6. The lowest BCUT2D eigenvalue weighted by molar-refractivity contribution is -0.135. The van der Waals surface area contributed by atoms with Crippen molar-refractivity contribution in [3.8, 4) is 16.9 Å². The molecule has 1 atom stereocenters. The van der Waals surface area contributed by atoms with E-state index in [1.165, 1.54) is 11.3 Å². The minimum atomic E-state index is -0.750. The third kappa shape index (κ3) is 11.7. The minimum absolute atomic E-state index is 0.159. The predicted octanol–water partition coefficient (Wildman–Crippen LogP) is 7.58. The standard InChI is InChI=1S/C60H67N11O7S/c1-38-41(42-19-21-51(62-55(42)58(76)78-60(2,3)4)71-25-23-39-11-8-13-43(46(39)36-71)56(74)64-59-61-47-14-6-7-16-50(47)79-59)12-9-15-49(38)77-34-10-24-67-26-28-68(29-27-67)37-53(73)70-32-30-69(31-33-70)40-17-18-44-48(35-40)66(5)65-54(44)45-20-22-52(72)63-57(45)75/h6-9,11-19,21,35,45H,10,20,22-34,36-37H2,1-5H3,(H,61,64,74)(H,63,72,75). The number of carbonyl (C=O) groups excluding carboxylic acids is 5. The van der Waals surface area contributed by atoms with Crippen molar-refractivity contribution in [3.05, 3.63) is 125 Å². The van der Waals surface area contributed by atoms with E-state index in [-0.39, 0.29) is 29.3 Å². The number of nitrogens with one attached hydrogen (secondary N) is 2. The predicted molar refractivity (Wildman–Crippen MR) is 306 cm³/mol. The van der Waals surface area contributed by atoms with E-state index in [2.05, 4.69) is 53.4 Å². The number of aryl methyl sites for hydroxylation is 1. The number of fused-ring (bicyclic) bond motifs is 3. The summed E-state index contributed by atoms with van der Waals surface area (Å²) in [7, 11) is 1.88. The number of para-hydroxylation sites is 1.